The normalized spacial score (nSPS) is 13.1. The lowest BCUT2D eigenvalue weighted by molar-refractivity contribution is -0.167. The molecule has 0 aliphatic rings. The van der Waals surface area contributed by atoms with E-state index >= 15 is 0 Å². The Kier molecular flexibility index (Phi) is 60.9. The van der Waals surface area contributed by atoms with Crippen LogP contribution in [0.25, 0.3) is 0 Å². The molecule has 0 spiro atoms. The molecule has 1 atom stereocenters. The summed E-state index contributed by atoms with van der Waals surface area (Å²) in [6.45, 7) is 6.36. The van der Waals surface area contributed by atoms with Crippen molar-refractivity contribution in [3.8, 4) is 0 Å². The molecule has 78 heavy (non-hydrogen) atoms. The molecule has 0 heterocycles. The van der Waals surface area contributed by atoms with Crippen LogP contribution in [0.2, 0.25) is 0 Å². The van der Waals surface area contributed by atoms with Crippen molar-refractivity contribution in [3.63, 3.8) is 0 Å². The zero-order valence-electron chi connectivity index (χ0n) is 50.4. The van der Waals surface area contributed by atoms with Crippen LogP contribution < -0.4 is 0 Å². The average Bonchev–Trinajstić information content (AvgIpc) is 3.44. The Morgan fingerprint density at radius 3 is 0.782 bits per heavy atom. The number of esters is 3. The molecule has 0 saturated heterocycles. The Balaban J connectivity index is 4.49. The SMILES string of the molecule is CC/C=C\C/C=C\C/C=C\C/C=C\C/C=C\CCCCCCCCCC(=O)OCC(COC(=O)CCCCCCC/C=C\C/C=C\CCCCCC)OC(=O)CCCCCCC/C=C\C/C=C\C/C=C\C/C=C\C/C=C\CC. The van der Waals surface area contributed by atoms with Crippen LogP contribution in [0, 0.1) is 0 Å². The van der Waals surface area contributed by atoms with Crippen LogP contribution in [0.4, 0.5) is 0 Å². The van der Waals surface area contributed by atoms with E-state index in [1.54, 1.807) is 0 Å². The smallest absolute Gasteiger partial charge is 0.306 e. The Bertz CT molecular complexity index is 1710. The number of rotatable bonds is 56. The number of carbonyl (C=O) groups is 3. The van der Waals surface area contributed by atoms with E-state index in [0.29, 0.717) is 19.3 Å². The number of ether oxygens (including phenoxy) is 3. The quantitative estimate of drug-likeness (QED) is 0.0261. The molecule has 0 aromatic carbocycles. The van der Waals surface area contributed by atoms with Crippen LogP contribution >= 0.6 is 0 Å². The molecule has 440 valence electrons. The first kappa shape index (κ1) is 73.3. The summed E-state index contributed by atoms with van der Waals surface area (Å²) in [6, 6.07) is 0. The fourth-order valence-electron chi connectivity index (χ4n) is 8.35. The molecule has 0 aliphatic heterocycles. The highest BCUT2D eigenvalue weighted by molar-refractivity contribution is 5.71. The van der Waals surface area contributed by atoms with Crippen molar-refractivity contribution in [2.45, 2.75) is 277 Å². The lowest BCUT2D eigenvalue weighted by Gasteiger charge is -2.18. The molecule has 6 nitrogen and oxygen atoms in total. The monoisotopic (exact) mass is 1080 g/mol. The molecule has 0 aliphatic carbocycles. The van der Waals surface area contributed by atoms with Crippen molar-refractivity contribution in [1.82, 2.24) is 0 Å². The van der Waals surface area contributed by atoms with Gasteiger partial charge in [-0.2, -0.15) is 0 Å². The molecular formula is C72H116O6. The van der Waals surface area contributed by atoms with E-state index in [4.69, 9.17) is 14.2 Å². The van der Waals surface area contributed by atoms with Gasteiger partial charge in [0.15, 0.2) is 6.10 Å². The van der Waals surface area contributed by atoms with E-state index in [1.165, 1.54) is 57.8 Å². The zero-order chi connectivity index (χ0) is 56.4. The summed E-state index contributed by atoms with van der Waals surface area (Å²) in [7, 11) is 0. The minimum absolute atomic E-state index is 0.102. The molecule has 0 amide bonds. The summed E-state index contributed by atoms with van der Waals surface area (Å²) in [6.07, 6.45) is 92.7. The predicted octanol–water partition coefficient (Wildman–Crippen LogP) is 21.9. The summed E-state index contributed by atoms with van der Waals surface area (Å²) in [5.74, 6) is -0.945. The third-order valence-corrected chi connectivity index (χ3v) is 13.1. The van der Waals surface area contributed by atoms with Crippen molar-refractivity contribution in [2.75, 3.05) is 13.2 Å². The van der Waals surface area contributed by atoms with E-state index in [2.05, 4.69) is 167 Å². The van der Waals surface area contributed by atoms with Gasteiger partial charge in [0, 0.05) is 19.3 Å². The summed E-state index contributed by atoms with van der Waals surface area (Å²) >= 11 is 0. The van der Waals surface area contributed by atoms with Crippen LogP contribution in [0.1, 0.15) is 271 Å². The van der Waals surface area contributed by atoms with Crippen LogP contribution in [0.3, 0.4) is 0 Å². The molecule has 1 unspecified atom stereocenters. The van der Waals surface area contributed by atoms with E-state index < -0.39 is 6.10 Å². The maximum Gasteiger partial charge on any atom is 0.306 e. The van der Waals surface area contributed by atoms with Gasteiger partial charge in [-0.3, -0.25) is 14.4 Å². The lowest BCUT2D eigenvalue weighted by atomic mass is 10.1. The van der Waals surface area contributed by atoms with Crippen LogP contribution in [0.15, 0.2) is 146 Å². The molecule has 0 N–H and O–H groups in total. The second-order valence-electron chi connectivity index (χ2n) is 20.5. The van der Waals surface area contributed by atoms with Crippen molar-refractivity contribution in [3.05, 3.63) is 146 Å². The van der Waals surface area contributed by atoms with Gasteiger partial charge in [0.25, 0.3) is 0 Å². The van der Waals surface area contributed by atoms with Crippen LogP contribution in [-0.4, -0.2) is 37.2 Å². The number of hydrogen-bond acceptors (Lipinski definition) is 6. The number of carbonyl (C=O) groups excluding carboxylic acids is 3. The number of allylic oxidation sites excluding steroid dienone is 24. The molecule has 0 radical (unpaired) electrons. The molecule has 6 heteroatoms. The highest BCUT2D eigenvalue weighted by Crippen LogP contribution is 2.14. The van der Waals surface area contributed by atoms with Gasteiger partial charge in [0.1, 0.15) is 13.2 Å². The van der Waals surface area contributed by atoms with E-state index in [1.807, 2.05) is 0 Å². The van der Waals surface area contributed by atoms with Gasteiger partial charge in [0.2, 0.25) is 0 Å². The topological polar surface area (TPSA) is 78.9 Å². The predicted molar refractivity (Wildman–Crippen MR) is 339 cm³/mol. The summed E-state index contributed by atoms with van der Waals surface area (Å²) < 4.78 is 16.9. The minimum Gasteiger partial charge on any atom is -0.462 e. The van der Waals surface area contributed by atoms with Gasteiger partial charge in [0.05, 0.1) is 0 Å². The molecule has 0 aromatic heterocycles. The van der Waals surface area contributed by atoms with Crippen molar-refractivity contribution in [2.24, 2.45) is 0 Å². The Morgan fingerprint density at radius 2 is 0.500 bits per heavy atom. The summed E-state index contributed by atoms with van der Waals surface area (Å²) in [5.41, 5.74) is 0. The second-order valence-corrected chi connectivity index (χ2v) is 20.5. The first-order chi connectivity index (χ1) is 38.5. The summed E-state index contributed by atoms with van der Waals surface area (Å²) in [5, 5.41) is 0. The fraction of sp³-hybridized carbons (Fsp3) is 0.625. The van der Waals surface area contributed by atoms with Crippen molar-refractivity contribution >= 4 is 17.9 Å². The molecule has 0 saturated carbocycles. The maximum absolute atomic E-state index is 12.9. The van der Waals surface area contributed by atoms with Crippen LogP contribution in [0.5, 0.6) is 0 Å². The summed E-state index contributed by atoms with van der Waals surface area (Å²) in [4.78, 5) is 38.4. The second kappa shape index (κ2) is 64.8. The number of unbranched alkanes of at least 4 members (excludes halogenated alkanes) is 21. The minimum atomic E-state index is -0.808. The van der Waals surface area contributed by atoms with Gasteiger partial charge in [-0.05, 0) is 141 Å². The Labute approximate surface area is 480 Å². The van der Waals surface area contributed by atoms with Crippen LogP contribution in [-0.2, 0) is 28.6 Å². The third kappa shape index (κ3) is 62.1. The van der Waals surface area contributed by atoms with Gasteiger partial charge in [-0.15, -0.1) is 0 Å². The highest BCUT2D eigenvalue weighted by atomic mass is 16.6. The molecular weight excluding hydrogens is 961 g/mol. The Hall–Kier alpha value is -4.71. The van der Waals surface area contributed by atoms with Gasteiger partial charge in [-0.25, -0.2) is 0 Å². The fourth-order valence-corrected chi connectivity index (χ4v) is 8.35. The molecule has 0 aromatic rings. The van der Waals surface area contributed by atoms with E-state index in [9.17, 15) is 14.4 Å². The standard InChI is InChI=1S/C72H116O6/c1-4-7-10-13-16-19-22-25-28-31-33-35-36-38-39-41-44-47-50-53-56-59-62-65-71(74)77-68-69(67-76-70(73)64-61-58-55-52-49-46-43-30-27-24-21-18-15-12-9-6-3)78-72(75)66-63-60-57-54-51-48-45-42-40-37-34-32-29-26-23-20-17-14-11-8-5-2/h7-8,10-11,16-17,19-21,24-26,28-30,33-35,37-39,42-43,45,69H,4-6,9,12-15,18,22-23,27,31-32,36,40-41,44,46-68H2,1-3H3/b10-7-,11-8-,19-16-,20-17-,24-21-,28-25-,29-26-,35-33-,37-34-,39-38-,43-30-,45-42-. The first-order valence-electron chi connectivity index (χ1n) is 31.8. The van der Waals surface area contributed by atoms with E-state index in [-0.39, 0.29) is 31.1 Å². The third-order valence-electron chi connectivity index (χ3n) is 13.1. The van der Waals surface area contributed by atoms with E-state index in [0.717, 1.165) is 173 Å². The maximum atomic E-state index is 12.9. The lowest BCUT2D eigenvalue weighted by Crippen LogP contribution is -2.30. The highest BCUT2D eigenvalue weighted by Gasteiger charge is 2.19. The van der Waals surface area contributed by atoms with Crippen molar-refractivity contribution in [1.29, 1.82) is 0 Å². The first-order valence-corrected chi connectivity index (χ1v) is 31.8. The van der Waals surface area contributed by atoms with Crippen molar-refractivity contribution < 1.29 is 28.6 Å². The van der Waals surface area contributed by atoms with Gasteiger partial charge < -0.3 is 14.2 Å². The van der Waals surface area contributed by atoms with Gasteiger partial charge >= 0.3 is 17.9 Å². The largest absolute Gasteiger partial charge is 0.462 e. The molecule has 0 bridgehead atoms. The van der Waals surface area contributed by atoms with Gasteiger partial charge in [-0.1, -0.05) is 256 Å². The average molecular weight is 1080 g/mol. The Morgan fingerprint density at radius 1 is 0.269 bits per heavy atom. The number of hydrogen-bond donors (Lipinski definition) is 0. The zero-order valence-corrected chi connectivity index (χ0v) is 50.4. The molecule has 0 fully saturated rings. The molecule has 0 rings (SSSR count).